The zero-order valence-corrected chi connectivity index (χ0v) is 10.7. The molecule has 0 bridgehead atoms. The molecule has 1 aliphatic heterocycles. The van der Waals surface area contributed by atoms with Crippen LogP contribution in [0.1, 0.15) is 24.5 Å². The second-order valence-electron chi connectivity index (χ2n) is 5.08. The largest absolute Gasteiger partial charge is 0.392 e. The maximum atomic E-state index is 8.97. The number of aliphatic hydroxyl groups excluding tert-OH is 1. The average Bonchev–Trinajstić information content (AvgIpc) is 2.67. The van der Waals surface area contributed by atoms with Crippen LogP contribution in [0.3, 0.4) is 0 Å². The highest BCUT2D eigenvalue weighted by Crippen LogP contribution is 2.15. The summed E-state index contributed by atoms with van der Waals surface area (Å²) >= 11 is 0. The Kier molecular flexibility index (Phi) is 4.15. The van der Waals surface area contributed by atoms with E-state index in [1.54, 1.807) is 0 Å². The summed E-state index contributed by atoms with van der Waals surface area (Å²) in [5.41, 5.74) is 2.26. The fourth-order valence-corrected chi connectivity index (χ4v) is 2.37. The van der Waals surface area contributed by atoms with E-state index in [1.165, 1.54) is 12.0 Å². The normalized spacial score (nSPS) is 25.4. The van der Waals surface area contributed by atoms with Gasteiger partial charge in [-0.3, -0.25) is 0 Å². The Balaban J connectivity index is 1.81. The van der Waals surface area contributed by atoms with E-state index < -0.39 is 0 Å². The zero-order chi connectivity index (χ0) is 12.3. The Morgan fingerprint density at radius 1 is 1.29 bits per heavy atom. The first-order chi connectivity index (χ1) is 8.19. The summed E-state index contributed by atoms with van der Waals surface area (Å²) < 4.78 is 0. The van der Waals surface area contributed by atoms with Crippen LogP contribution in [0, 0.1) is 0 Å². The van der Waals surface area contributed by atoms with Crippen molar-refractivity contribution in [1.82, 2.24) is 10.2 Å². The highest BCUT2D eigenvalue weighted by Gasteiger charge is 2.25. The molecule has 2 unspecified atom stereocenters. The molecule has 2 N–H and O–H groups in total. The number of hydrogen-bond acceptors (Lipinski definition) is 3. The molecule has 0 spiro atoms. The van der Waals surface area contributed by atoms with Crippen molar-refractivity contribution < 1.29 is 5.11 Å². The van der Waals surface area contributed by atoms with Crippen LogP contribution in [-0.2, 0) is 13.2 Å². The van der Waals surface area contributed by atoms with E-state index in [4.69, 9.17) is 5.11 Å². The van der Waals surface area contributed by atoms with E-state index in [-0.39, 0.29) is 6.61 Å². The molecule has 17 heavy (non-hydrogen) atoms. The first-order valence-corrected chi connectivity index (χ1v) is 6.31. The van der Waals surface area contributed by atoms with Gasteiger partial charge in [0.25, 0.3) is 0 Å². The summed E-state index contributed by atoms with van der Waals surface area (Å²) in [6.07, 6.45) is 1.23. The maximum Gasteiger partial charge on any atom is 0.0681 e. The standard InChI is InChI=1S/C14H22N2O/c1-11-7-14(9-16(11)2)15-8-12-3-5-13(10-17)6-4-12/h3-6,11,14-15,17H,7-10H2,1-2H3. The van der Waals surface area contributed by atoms with Crippen molar-refractivity contribution in [3.8, 4) is 0 Å². The molecule has 0 radical (unpaired) electrons. The summed E-state index contributed by atoms with van der Waals surface area (Å²) in [6, 6.07) is 9.43. The lowest BCUT2D eigenvalue weighted by atomic mass is 10.1. The van der Waals surface area contributed by atoms with Gasteiger partial charge in [-0.2, -0.15) is 0 Å². The van der Waals surface area contributed by atoms with E-state index in [2.05, 4.69) is 36.3 Å². The van der Waals surface area contributed by atoms with Crippen molar-refractivity contribution in [3.05, 3.63) is 35.4 Å². The van der Waals surface area contributed by atoms with Gasteiger partial charge in [0.2, 0.25) is 0 Å². The van der Waals surface area contributed by atoms with Crippen LogP contribution in [0.25, 0.3) is 0 Å². The summed E-state index contributed by atoms with van der Waals surface area (Å²) in [5.74, 6) is 0. The van der Waals surface area contributed by atoms with Crippen LogP contribution in [-0.4, -0.2) is 35.7 Å². The number of likely N-dealkylation sites (N-methyl/N-ethyl adjacent to an activating group) is 1. The van der Waals surface area contributed by atoms with Crippen LogP contribution in [0.2, 0.25) is 0 Å². The minimum Gasteiger partial charge on any atom is -0.392 e. The van der Waals surface area contributed by atoms with Gasteiger partial charge in [-0.05, 0) is 31.5 Å². The smallest absolute Gasteiger partial charge is 0.0681 e. The van der Waals surface area contributed by atoms with Crippen LogP contribution >= 0.6 is 0 Å². The number of nitrogens with zero attached hydrogens (tertiary/aromatic N) is 1. The molecule has 2 rings (SSSR count). The molecule has 1 saturated heterocycles. The highest BCUT2D eigenvalue weighted by molar-refractivity contribution is 5.21. The van der Waals surface area contributed by atoms with Crippen molar-refractivity contribution in [2.75, 3.05) is 13.6 Å². The Labute approximate surface area is 103 Å². The van der Waals surface area contributed by atoms with Crippen LogP contribution in [0.5, 0.6) is 0 Å². The van der Waals surface area contributed by atoms with Gasteiger partial charge in [-0.1, -0.05) is 24.3 Å². The predicted molar refractivity (Wildman–Crippen MR) is 69.7 cm³/mol. The lowest BCUT2D eigenvalue weighted by Gasteiger charge is -2.13. The quantitative estimate of drug-likeness (QED) is 0.826. The molecule has 1 aromatic carbocycles. The second-order valence-corrected chi connectivity index (χ2v) is 5.08. The van der Waals surface area contributed by atoms with Crippen LogP contribution in [0.4, 0.5) is 0 Å². The van der Waals surface area contributed by atoms with E-state index >= 15 is 0 Å². The Morgan fingerprint density at radius 2 is 1.94 bits per heavy atom. The van der Waals surface area contributed by atoms with Gasteiger partial charge in [0.15, 0.2) is 0 Å². The van der Waals surface area contributed by atoms with Gasteiger partial charge >= 0.3 is 0 Å². The molecule has 3 nitrogen and oxygen atoms in total. The predicted octanol–water partition coefficient (Wildman–Crippen LogP) is 1.36. The van der Waals surface area contributed by atoms with Crippen molar-refractivity contribution >= 4 is 0 Å². The zero-order valence-electron chi connectivity index (χ0n) is 10.7. The minimum absolute atomic E-state index is 0.124. The van der Waals surface area contributed by atoms with Gasteiger partial charge in [-0.15, -0.1) is 0 Å². The maximum absolute atomic E-state index is 8.97. The molecule has 1 aliphatic rings. The molecule has 2 atom stereocenters. The van der Waals surface area contributed by atoms with Gasteiger partial charge in [0.05, 0.1) is 6.61 Å². The molecule has 94 valence electrons. The van der Waals surface area contributed by atoms with Gasteiger partial charge < -0.3 is 15.3 Å². The number of hydrogen-bond donors (Lipinski definition) is 2. The van der Waals surface area contributed by atoms with E-state index in [0.717, 1.165) is 18.7 Å². The summed E-state index contributed by atoms with van der Waals surface area (Å²) in [5, 5.41) is 12.6. The van der Waals surface area contributed by atoms with Gasteiger partial charge in [-0.25, -0.2) is 0 Å². The van der Waals surface area contributed by atoms with Crippen LogP contribution < -0.4 is 5.32 Å². The second kappa shape index (κ2) is 5.63. The molecule has 0 amide bonds. The van der Waals surface area contributed by atoms with Crippen LogP contribution in [0.15, 0.2) is 24.3 Å². The van der Waals surface area contributed by atoms with E-state index in [0.29, 0.717) is 12.1 Å². The lowest BCUT2D eigenvalue weighted by Crippen LogP contribution is -2.31. The lowest BCUT2D eigenvalue weighted by molar-refractivity contribution is 0.282. The molecule has 3 heteroatoms. The number of nitrogens with one attached hydrogen (secondary N) is 1. The third kappa shape index (κ3) is 3.28. The monoisotopic (exact) mass is 234 g/mol. The number of rotatable bonds is 4. The summed E-state index contributed by atoms with van der Waals surface area (Å²) in [6.45, 7) is 4.45. The van der Waals surface area contributed by atoms with Crippen molar-refractivity contribution in [3.63, 3.8) is 0 Å². The first kappa shape index (κ1) is 12.6. The fourth-order valence-electron chi connectivity index (χ4n) is 2.37. The topological polar surface area (TPSA) is 35.5 Å². The van der Waals surface area contributed by atoms with Crippen molar-refractivity contribution in [1.29, 1.82) is 0 Å². The summed E-state index contributed by atoms with van der Waals surface area (Å²) in [4.78, 5) is 2.40. The Morgan fingerprint density at radius 3 is 2.47 bits per heavy atom. The molecular weight excluding hydrogens is 212 g/mol. The Bertz CT molecular complexity index is 340. The molecule has 0 saturated carbocycles. The number of aliphatic hydroxyl groups is 1. The molecule has 1 fully saturated rings. The molecule has 0 aliphatic carbocycles. The third-order valence-corrected chi connectivity index (χ3v) is 3.69. The average molecular weight is 234 g/mol. The number of likely N-dealkylation sites (tertiary alicyclic amines) is 1. The SMILES string of the molecule is CC1CC(NCc2ccc(CO)cc2)CN1C. The third-order valence-electron chi connectivity index (χ3n) is 3.69. The van der Waals surface area contributed by atoms with Crippen molar-refractivity contribution in [2.45, 2.75) is 38.6 Å². The fraction of sp³-hybridized carbons (Fsp3) is 0.571. The molecule has 1 heterocycles. The minimum atomic E-state index is 0.124. The molecule has 0 aromatic heterocycles. The number of benzene rings is 1. The van der Waals surface area contributed by atoms with Gasteiger partial charge in [0, 0.05) is 25.2 Å². The van der Waals surface area contributed by atoms with E-state index in [9.17, 15) is 0 Å². The first-order valence-electron chi connectivity index (χ1n) is 6.31. The van der Waals surface area contributed by atoms with E-state index in [1.807, 2.05) is 12.1 Å². The van der Waals surface area contributed by atoms with Crippen molar-refractivity contribution in [2.24, 2.45) is 0 Å². The van der Waals surface area contributed by atoms with Gasteiger partial charge in [0.1, 0.15) is 0 Å². The highest BCUT2D eigenvalue weighted by atomic mass is 16.3. The Hall–Kier alpha value is -0.900. The molecule has 1 aromatic rings. The molecular formula is C14H22N2O. The summed E-state index contributed by atoms with van der Waals surface area (Å²) in [7, 11) is 2.18.